The summed E-state index contributed by atoms with van der Waals surface area (Å²) in [6.07, 6.45) is 10.1. The standard InChI is InChI=1S/C20H30O3/c1-14-7-5-8-15(2)10-11-17-13-18(23-19(21)16(17)3)20(4,22)12-6-9-14/h8-9,17-18,22H,3,5-7,10-13H2,1-2,4H3/t17-,18+,20-/m1/s1. The SMILES string of the molecule is C=C1C(=O)O[C@H]2C[C@H]1CCC(C)=CCCC(C)=CCC[C@@]2(C)O. The third kappa shape index (κ3) is 4.81. The van der Waals surface area contributed by atoms with Crippen molar-refractivity contribution in [2.75, 3.05) is 0 Å². The molecule has 0 radical (unpaired) electrons. The Morgan fingerprint density at radius 1 is 1.22 bits per heavy atom. The Hall–Kier alpha value is -1.35. The first-order chi connectivity index (χ1) is 10.8. The van der Waals surface area contributed by atoms with Crippen LogP contribution in [-0.4, -0.2) is 22.8 Å². The zero-order valence-corrected chi connectivity index (χ0v) is 14.7. The molecule has 0 aromatic rings. The minimum Gasteiger partial charge on any atom is -0.456 e. The number of carbonyl (C=O) groups is 1. The van der Waals surface area contributed by atoms with E-state index in [0.717, 1.165) is 32.1 Å². The minimum absolute atomic E-state index is 0.108. The van der Waals surface area contributed by atoms with Gasteiger partial charge in [0.1, 0.15) is 6.10 Å². The number of allylic oxidation sites excluding steroid dienone is 4. The van der Waals surface area contributed by atoms with E-state index in [9.17, 15) is 9.90 Å². The van der Waals surface area contributed by atoms with Crippen molar-refractivity contribution in [2.45, 2.75) is 77.4 Å². The molecule has 1 fully saturated rings. The Kier molecular flexibility index (Phi) is 5.85. The Balaban J connectivity index is 2.21. The molecule has 3 heteroatoms. The zero-order valence-electron chi connectivity index (χ0n) is 14.7. The maximum atomic E-state index is 12.1. The Morgan fingerprint density at radius 2 is 1.87 bits per heavy atom. The summed E-state index contributed by atoms with van der Waals surface area (Å²) >= 11 is 0. The van der Waals surface area contributed by atoms with E-state index in [0.29, 0.717) is 18.4 Å². The molecule has 1 aliphatic carbocycles. The van der Waals surface area contributed by atoms with Crippen LogP contribution in [0.15, 0.2) is 35.5 Å². The molecule has 0 saturated carbocycles. The topological polar surface area (TPSA) is 46.5 Å². The molecule has 2 aliphatic rings. The highest BCUT2D eigenvalue weighted by molar-refractivity contribution is 5.89. The number of esters is 1. The number of aliphatic hydroxyl groups is 1. The lowest BCUT2D eigenvalue weighted by atomic mass is 9.79. The van der Waals surface area contributed by atoms with Crippen molar-refractivity contribution in [1.82, 2.24) is 0 Å². The first-order valence-electron chi connectivity index (χ1n) is 8.73. The molecule has 3 nitrogen and oxygen atoms in total. The minimum atomic E-state index is -0.986. The van der Waals surface area contributed by atoms with Crippen molar-refractivity contribution in [3.05, 3.63) is 35.5 Å². The van der Waals surface area contributed by atoms with E-state index in [-0.39, 0.29) is 11.9 Å². The van der Waals surface area contributed by atoms with E-state index in [2.05, 4.69) is 32.6 Å². The van der Waals surface area contributed by atoms with Crippen LogP contribution in [0.3, 0.4) is 0 Å². The van der Waals surface area contributed by atoms with Gasteiger partial charge in [-0.15, -0.1) is 0 Å². The van der Waals surface area contributed by atoms with Gasteiger partial charge in [0, 0.05) is 5.57 Å². The second-order valence-corrected chi connectivity index (χ2v) is 7.43. The van der Waals surface area contributed by atoms with E-state index < -0.39 is 11.7 Å². The van der Waals surface area contributed by atoms with Crippen LogP contribution in [0, 0.1) is 5.92 Å². The molecule has 1 heterocycles. The summed E-state index contributed by atoms with van der Waals surface area (Å²) in [6.45, 7) is 10.0. The molecule has 2 bridgehead atoms. The second-order valence-electron chi connectivity index (χ2n) is 7.43. The van der Waals surface area contributed by atoms with E-state index in [4.69, 9.17) is 4.74 Å². The van der Waals surface area contributed by atoms with E-state index in [1.807, 2.05) is 0 Å². The van der Waals surface area contributed by atoms with Crippen LogP contribution in [0.25, 0.3) is 0 Å². The molecule has 1 saturated heterocycles. The molecular formula is C20H30O3. The van der Waals surface area contributed by atoms with Gasteiger partial charge in [0.25, 0.3) is 0 Å². The fourth-order valence-electron chi connectivity index (χ4n) is 3.42. The number of hydrogen-bond acceptors (Lipinski definition) is 3. The van der Waals surface area contributed by atoms with Crippen molar-refractivity contribution in [3.63, 3.8) is 0 Å². The van der Waals surface area contributed by atoms with Gasteiger partial charge in [-0.2, -0.15) is 0 Å². The van der Waals surface area contributed by atoms with Crippen LogP contribution in [0.1, 0.15) is 65.7 Å². The lowest BCUT2D eigenvalue weighted by Gasteiger charge is -2.38. The second kappa shape index (κ2) is 7.48. The summed E-state index contributed by atoms with van der Waals surface area (Å²) < 4.78 is 5.47. The highest BCUT2D eigenvalue weighted by Crippen LogP contribution is 2.36. The van der Waals surface area contributed by atoms with Gasteiger partial charge in [-0.05, 0) is 71.6 Å². The predicted octanol–water partition coefficient (Wildman–Crippen LogP) is 4.47. The molecular weight excluding hydrogens is 288 g/mol. The van der Waals surface area contributed by atoms with Gasteiger partial charge >= 0.3 is 5.97 Å². The predicted molar refractivity (Wildman–Crippen MR) is 93.0 cm³/mol. The van der Waals surface area contributed by atoms with E-state index >= 15 is 0 Å². The average molecular weight is 318 g/mol. The van der Waals surface area contributed by atoms with Crippen molar-refractivity contribution >= 4 is 5.97 Å². The molecule has 2 rings (SSSR count). The van der Waals surface area contributed by atoms with Crippen LogP contribution >= 0.6 is 0 Å². The fourth-order valence-corrected chi connectivity index (χ4v) is 3.42. The van der Waals surface area contributed by atoms with Gasteiger partial charge in [-0.1, -0.05) is 29.9 Å². The molecule has 0 aromatic carbocycles. The molecule has 0 spiro atoms. The van der Waals surface area contributed by atoms with E-state index in [1.165, 1.54) is 11.1 Å². The highest BCUT2D eigenvalue weighted by atomic mass is 16.6. The summed E-state index contributed by atoms with van der Waals surface area (Å²) in [5.41, 5.74) is 2.30. The van der Waals surface area contributed by atoms with Crippen molar-refractivity contribution < 1.29 is 14.6 Å². The van der Waals surface area contributed by atoms with Gasteiger partial charge in [-0.3, -0.25) is 0 Å². The number of ether oxygens (including phenoxy) is 1. The molecule has 0 aromatic heterocycles. The average Bonchev–Trinajstić information content (AvgIpc) is 2.47. The zero-order chi connectivity index (χ0) is 17.0. The fraction of sp³-hybridized carbons (Fsp3) is 0.650. The summed E-state index contributed by atoms with van der Waals surface area (Å²) in [7, 11) is 0. The van der Waals surface area contributed by atoms with Crippen LogP contribution in [0.2, 0.25) is 0 Å². The van der Waals surface area contributed by atoms with Gasteiger partial charge in [0.05, 0.1) is 5.60 Å². The summed E-state index contributed by atoms with van der Waals surface area (Å²) in [4.78, 5) is 12.1. The van der Waals surface area contributed by atoms with Crippen molar-refractivity contribution in [3.8, 4) is 0 Å². The van der Waals surface area contributed by atoms with Gasteiger partial charge in [0.2, 0.25) is 0 Å². The van der Waals surface area contributed by atoms with Crippen LogP contribution in [0.4, 0.5) is 0 Å². The highest BCUT2D eigenvalue weighted by Gasteiger charge is 2.41. The number of hydrogen-bond donors (Lipinski definition) is 1. The molecule has 0 amide bonds. The van der Waals surface area contributed by atoms with Gasteiger partial charge < -0.3 is 9.84 Å². The third-order valence-electron chi connectivity index (χ3n) is 5.26. The number of rotatable bonds is 0. The normalized spacial score (nSPS) is 34.1. The number of carbonyl (C=O) groups excluding carboxylic acids is 1. The molecule has 23 heavy (non-hydrogen) atoms. The number of fused-ring (bicyclic) bond motifs is 2. The molecule has 0 unspecified atom stereocenters. The van der Waals surface area contributed by atoms with Gasteiger partial charge in [0.15, 0.2) is 0 Å². The van der Waals surface area contributed by atoms with Crippen LogP contribution in [0.5, 0.6) is 0 Å². The first kappa shape index (κ1) is 18.0. The molecule has 3 atom stereocenters. The quantitative estimate of drug-likeness (QED) is 0.407. The lowest BCUT2D eigenvalue weighted by molar-refractivity contribution is -0.168. The summed E-state index contributed by atoms with van der Waals surface area (Å²) in [5.74, 6) is -0.233. The Labute approximate surface area is 140 Å². The Morgan fingerprint density at radius 3 is 2.61 bits per heavy atom. The largest absolute Gasteiger partial charge is 0.456 e. The molecule has 1 aliphatic heterocycles. The summed E-state index contributed by atoms with van der Waals surface area (Å²) in [5, 5.41) is 10.8. The molecule has 128 valence electrons. The van der Waals surface area contributed by atoms with Crippen molar-refractivity contribution in [2.24, 2.45) is 5.92 Å². The third-order valence-corrected chi connectivity index (χ3v) is 5.26. The van der Waals surface area contributed by atoms with Gasteiger partial charge in [-0.25, -0.2) is 4.79 Å². The lowest BCUT2D eigenvalue weighted by Crippen LogP contribution is -2.47. The maximum absolute atomic E-state index is 12.1. The smallest absolute Gasteiger partial charge is 0.334 e. The monoisotopic (exact) mass is 318 g/mol. The van der Waals surface area contributed by atoms with Crippen LogP contribution < -0.4 is 0 Å². The molecule has 1 N–H and O–H groups in total. The van der Waals surface area contributed by atoms with E-state index in [1.54, 1.807) is 6.92 Å². The first-order valence-corrected chi connectivity index (χ1v) is 8.73. The maximum Gasteiger partial charge on any atom is 0.334 e. The summed E-state index contributed by atoms with van der Waals surface area (Å²) in [6, 6.07) is 0. The Bertz CT molecular complexity index is 525. The van der Waals surface area contributed by atoms with Crippen molar-refractivity contribution in [1.29, 1.82) is 0 Å². The van der Waals surface area contributed by atoms with Crippen LogP contribution in [-0.2, 0) is 9.53 Å².